The van der Waals surface area contributed by atoms with Crippen LogP contribution in [0.3, 0.4) is 0 Å². The van der Waals surface area contributed by atoms with Crippen molar-refractivity contribution in [2.24, 2.45) is 28.7 Å². The summed E-state index contributed by atoms with van der Waals surface area (Å²) in [4.78, 5) is 91.2. The van der Waals surface area contributed by atoms with Gasteiger partial charge in [0.1, 0.15) is 76.9 Å². The Morgan fingerprint density at radius 3 is 1.08 bits per heavy atom. The van der Waals surface area contributed by atoms with E-state index >= 15 is 13.2 Å². The molecular formula is C86H81F6LiN6O19. The number of hydrogen-bond acceptors (Lipinski definition) is 20. The molecule has 13 N–H and O–H groups in total. The van der Waals surface area contributed by atoms with E-state index in [2.05, 4.69) is 5.32 Å². The molecule has 25 nitrogen and oxygen atoms in total. The molecule has 0 saturated carbocycles. The van der Waals surface area contributed by atoms with Crippen molar-refractivity contribution in [3.05, 3.63) is 267 Å². The van der Waals surface area contributed by atoms with Gasteiger partial charge in [0.25, 0.3) is 0 Å². The molecule has 12 rings (SSSR count). The van der Waals surface area contributed by atoms with E-state index in [1.807, 2.05) is 18.2 Å². The van der Waals surface area contributed by atoms with Gasteiger partial charge in [-0.2, -0.15) is 13.2 Å². The van der Waals surface area contributed by atoms with Gasteiger partial charge in [0.05, 0.1) is 51.3 Å². The van der Waals surface area contributed by atoms with Crippen LogP contribution in [0.25, 0.3) is 66.3 Å². The summed E-state index contributed by atoms with van der Waals surface area (Å²) in [5, 5.41) is 14.0. The number of amides is 4. The smallest absolute Gasteiger partial charge is 0.870 e. The van der Waals surface area contributed by atoms with Crippen LogP contribution in [0.15, 0.2) is 196 Å². The van der Waals surface area contributed by atoms with Crippen molar-refractivity contribution in [2.75, 3.05) is 13.2 Å². The largest absolute Gasteiger partial charge is 1.00 e. The number of benzene rings is 9. The molecular weight excluding hydrogens is 1540 g/mol. The first-order valence-corrected chi connectivity index (χ1v) is 35.7. The average molecular weight is 1620 g/mol. The molecule has 0 fully saturated rings. The number of ether oxygens (including phenoxy) is 6. The van der Waals surface area contributed by atoms with Crippen molar-refractivity contribution in [3.8, 4) is 50.6 Å². The molecule has 0 aliphatic carbocycles. The van der Waals surface area contributed by atoms with Crippen LogP contribution in [0.1, 0.15) is 116 Å². The number of nitrogens with two attached hydrogens (primary N) is 5. The summed E-state index contributed by atoms with van der Waals surface area (Å²) in [7, 11) is 0. The number of halogens is 6. The molecule has 0 bridgehead atoms. The van der Waals surface area contributed by atoms with E-state index in [0.29, 0.717) is 95.0 Å². The van der Waals surface area contributed by atoms with Gasteiger partial charge in [-0.25, -0.2) is 18.0 Å². The normalized spacial score (nSPS) is 10.9. The number of carbonyl (C=O) groups is 8. The van der Waals surface area contributed by atoms with Crippen LogP contribution in [0.4, 0.5) is 31.1 Å². The van der Waals surface area contributed by atoms with E-state index in [1.165, 1.54) is 61.3 Å². The molecule has 3 heterocycles. The topological polar surface area (TPSA) is 424 Å². The Balaban J connectivity index is 0.000000235. The van der Waals surface area contributed by atoms with Gasteiger partial charge in [0.15, 0.2) is 0 Å². The van der Waals surface area contributed by atoms with Crippen LogP contribution in [0.2, 0.25) is 0 Å². The number of hydrogen-bond donors (Lipinski definition) is 7. The van der Waals surface area contributed by atoms with Crippen molar-refractivity contribution in [1.29, 1.82) is 0 Å². The molecule has 0 spiro atoms. The third-order valence-electron chi connectivity index (χ3n) is 17.2. The van der Waals surface area contributed by atoms with Crippen molar-refractivity contribution in [1.82, 2.24) is 5.32 Å². The quantitative estimate of drug-likeness (QED) is 0.00826. The zero-order valence-electron chi connectivity index (χ0n) is 64.7. The minimum Gasteiger partial charge on any atom is -0.870 e. The number of carboxylic acid groups (broad SMARTS) is 1. The summed E-state index contributed by atoms with van der Waals surface area (Å²) in [5.74, 6) is -4.28. The Labute approximate surface area is 683 Å². The Kier molecular flexibility index (Phi) is 32.7. The number of nitrogens with one attached hydrogen (secondary N) is 1. The van der Waals surface area contributed by atoms with Crippen LogP contribution < -0.4 is 67.1 Å². The number of carboxylic acids is 1. The molecule has 9 aromatic carbocycles. The number of esters is 2. The molecule has 32 heteroatoms. The number of furan rings is 3. The van der Waals surface area contributed by atoms with Crippen molar-refractivity contribution >= 4 is 80.9 Å². The fourth-order valence-corrected chi connectivity index (χ4v) is 11.9. The van der Waals surface area contributed by atoms with Gasteiger partial charge in [-0.1, -0.05) is 72.8 Å². The third kappa shape index (κ3) is 24.7. The predicted molar refractivity (Wildman–Crippen MR) is 418 cm³/mol. The first kappa shape index (κ1) is 92.0. The van der Waals surface area contributed by atoms with Crippen molar-refractivity contribution < 1.29 is 136 Å². The molecule has 4 amide bonds. The monoisotopic (exact) mass is 1620 g/mol. The summed E-state index contributed by atoms with van der Waals surface area (Å²) in [6.45, 7) is 9.39. The van der Waals surface area contributed by atoms with Gasteiger partial charge in [-0.15, -0.1) is 0 Å². The molecule has 3 aromatic heterocycles. The van der Waals surface area contributed by atoms with Crippen LogP contribution in [-0.4, -0.2) is 83.6 Å². The third-order valence-corrected chi connectivity index (χ3v) is 17.2. The zero-order valence-corrected chi connectivity index (χ0v) is 64.7. The Morgan fingerprint density at radius 1 is 0.458 bits per heavy atom. The van der Waals surface area contributed by atoms with E-state index in [1.54, 1.807) is 138 Å². The van der Waals surface area contributed by atoms with Crippen LogP contribution >= 0.6 is 0 Å². The van der Waals surface area contributed by atoms with Gasteiger partial charge in [0, 0.05) is 119 Å². The van der Waals surface area contributed by atoms with Crippen molar-refractivity contribution in [2.45, 2.75) is 105 Å². The summed E-state index contributed by atoms with van der Waals surface area (Å²) < 4.78 is 127. The van der Waals surface area contributed by atoms with Gasteiger partial charge < -0.3 is 86.2 Å². The van der Waals surface area contributed by atoms with E-state index in [4.69, 9.17) is 75.1 Å². The number of aliphatic carboxylic acids is 1. The number of fused-ring (bicyclic) bond motifs is 3. The molecule has 0 radical (unpaired) electrons. The molecule has 12 aromatic rings. The first-order chi connectivity index (χ1) is 55.3. The minimum atomic E-state index is -4.64. The van der Waals surface area contributed by atoms with E-state index < -0.39 is 77.2 Å². The van der Waals surface area contributed by atoms with E-state index in [0.717, 1.165) is 21.7 Å². The summed E-state index contributed by atoms with van der Waals surface area (Å²) in [6, 6.07) is 44.7. The Bertz CT molecular complexity index is 5620. The Morgan fingerprint density at radius 2 is 0.780 bits per heavy atom. The van der Waals surface area contributed by atoms with E-state index in [-0.39, 0.29) is 130 Å². The summed E-state index contributed by atoms with van der Waals surface area (Å²) >= 11 is 0. The number of alkyl halides is 3. The molecule has 0 atom stereocenters. The minimum absolute atomic E-state index is 0. The maximum Gasteiger partial charge on any atom is 1.00 e. The molecule has 118 heavy (non-hydrogen) atoms. The van der Waals surface area contributed by atoms with Gasteiger partial charge in [-0.3, -0.25) is 33.6 Å². The maximum atomic E-state index is 15.8. The fourth-order valence-electron chi connectivity index (χ4n) is 11.9. The maximum absolute atomic E-state index is 15.8. The van der Waals surface area contributed by atoms with Crippen LogP contribution in [-0.2, 0) is 92.1 Å². The second-order valence-corrected chi connectivity index (χ2v) is 26.7. The number of rotatable bonds is 27. The summed E-state index contributed by atoms with van der Waals surface area (Å²) in [5.41, 5.74) is 36.3. The molecule has 0 saturated heterocycles. The standard InChI is InChI=1S/C32H33FN2O7.C27H25FN2O5.C25H21FN2O5.C2HF3O.Li.H2O/c1-5-39-27(36)16-20-9-10-22(30(34)37)15-26(20)41-18-19-13-21-11-12-40-29(21)25(14-19)24-8-6-7-23(28(24)33)17-35-31(38)42-32(2,3)4;1-2-33-24(31)13-17-6-7-19(27(30)32)12-23(17)35-15-16-10-18-8-9-34-26(18)22(11-16)21-5-3-4-20(14-29)25(21)28;26-23-18(12-27)2-1-3-19(23)20-9-14(8-16-6-7-32-24(16)20)13-33-21-10-17(25(28)31)5-4-15(21)11-22(29)30;3-2(4,5)1-6;;/h6-15H,5,16-18H2,1-4H3,(H2,34,37)(H,35,38);3-12H,2,13-15,29H2,1H3,(H2,30,32);1-10H,11-13,27H2,(H2,28,31)(H,29,30);1H;;1H2/q;;;;+1;/p-1. The van der Waals surface area contributed by atoms with E-state index in [9.17, 15) is 51.8 Å². The molecule has 612 valence electrons. The molecule has 0 aliphatic heterocycles. The van der Waals surface area contributed by atoms with Gasteiger partial charge in [-0.05, 0) is 142 Å². The average Bonchev–Trinajstić information content (AvgIpc) is 1.61. The summed E-state index contributed by atoms with van der Waals surface area (Å²) in [6.07, 6.45) is -2.14. The number of carbonyl (C=O) groups excluding carboxylic acids is 7. The van der Waals surface area contributed by atoms with Crippen molar-refractivity contribution in [3.63, 3.8) is 0 Å². The van der Waals surface area contributed by atoms with Gasteiger partial charge in [0.2, 0.25) is 24.0 Å². The molecule has 0 unspecified atom stereocenters. The number of primary amides is 3. The zero-order chi connectivity index (χ0) is 84.1. The Hall–Kier alpha value is -13.2. The predicted octanol–water partition coefficient (Wildman–Crippen LogP) is 12.1. The second kappa shape index (κ2) is 41.9. The fraction of sp³-hybridized carbons (Fsp3) is 0.209. The van der Waals surface area contributed by atoms with Crippen LogP contribution in [0.5, 0.6) is 17.2 Å². The number of aldehydes is 1. The number of alkyl carbamates (subject to hydrolysis) is 1. The molecule has 0 aliphatic rings. The second-order valence-electron chi connectivity index (χ2n) is 26.7. The SMILES string of the molecule is CCOC(=O)Cc1ccc(C(N)=O)cc1OCc1cc(-c2cccc(CN)c2F)c2occc2c1.CCOC(=O)Cc1ccc(C(N)=O)cc1OCc1cc(-c2cccc(CNC(=O)OC(C)(C)C)c2F)c2occc2c1.NCc1cccc(-c2cc(COc3cc(C(N)=O)ccc3CC(=O)O)cc3ccoc23)c1F.O=CC(F)(F)F.[Li+].[OH-]. The first-order valence-electron chi connectivity index (χ1n) is 35.7. The van der Waals surface area contributed by atoms with Gasteiger partial charge >= 0.3 is 49.0 Å². The van der Waals surface area contributed by atoms with Crippen LogP contribution in [0, 0.1) is 17.5 Å².